The molecule has 3 N–H and O–H groups in total. The monoisotopic (exact) mass is 384 g/mol. The number of benzene rings is 2. The largest absolute Gasteiger partial charge is 0.352 e. The van der Waals surface area contributed by atoms with Gasteiger partial charge < -0.3 is 16.0 Å². The van der Waals surface area contributed by atoms with E-state index in [2.05, 4.69) is 20.9 Å². The Labute approximate surface area is 166 Å². The molecule has 28 heavy (non-hydrogen) atoms. The first-order valence-corrected chi connectivity index (χ1v) is 9.52. The van der Waals surface area contributed by atoms with Crippen LogP contribution in [0.5, 0.6) is 0 Å². The van der Waals surface area contributed by atoms with Crippen LogP contribution in [0.1, 0.15) is 37.0 Å². The van der Waals surface area contributed by atoms with Crippen molar-refractivity contribution in [2.75, 3.05) is 12.4 Å². The van der Waals surface area contributed by atoms with E-state index in [9.17, 15) is 9.18 Å². The number of nitrogens with zero attached hydrogens (tertiary/aromatic N) is 1. The maximum Gasteiger partial charge on any atom is 0.227 e. The van der Waals surface area contributed by atoms with Crippen molar-refractivity contribution in [1.82, 2.24) is 10.6 Å². The zero-order valence-corrected chi connectivity index (χ0v) is 17.0. The molecule has 2 aromatic rings. The molecule has 1 amide bonds. The summed E-state index contributed by atoms with van der Waals surface area (Å²) in [4.78, 5) is 16.3. The fourth-order valence-corrected chi connectivity index (χ4v) is 2.62. The Bertz CT molecular complexity index is 835. The minimum absolute atomic E-state index is 0.0140. The second-order valence-electron chi connectivity index (χ2n) is 6.86. The Balaban J connectivity index is 1.89. The maximum atomic E-state index is 13.4. The topological polar surface area (TPSA) is 65.5 Å². The van der Waals surface area contributed by atoms with E-state index in [1.807, 2.05) is 44.2 Å². The molecule has 0 heterocycles. The fraction of sp³-hybridized carbons (Fsp3) is 0.364. The standard InChI is InChI=1S/C22H29FN4O/c1-5-15(2)21(28)27-19-8-6-7-17(12-19)13-25-22(24-4)26-14-18-9-10-20(23)16(3)11-18/h6-12,15H,5,13-14H2,1-4H3,(H,27,28)(H2,24,25,26). The van der Waals surface area contributed by atoms with Gasteiger partial charge in [-0.2, -0.15) is 0 Å². The number of aryl methyl sites for hydroxylation is 1. The lowest BCUT2D eigenvalue weighted by molar-refractivity contribution is -0.119. The predicted molar refractivity (Wildman–Crippen MR) is 113 cm³/mol. The number of carbonyl (C=O) groups is 1. The van der Waals surface area contributed by atoms with Crippen LogP contribution in [0.15, 0.2) is 47.5 Å². The second kappa shape index (κ2) is 10.4. The third kappa shape index (κ3) is 6.37. The van der Waals surface area contributed by atoms with Gasteiger partial charge in [0.2, 0.25) is 5.91 Å². The average Bonchev–Trinajstić information content (AvgIpc) is 2.70. The van der Waals surface area contributed by atoms with E-state index in [-0.39, 0.29) is 17.6 Å². The average molecular weight is 384 g/mol. The number of hydrogen-bond donors (Lipinski definition) is 3. The molecule has 0 aromatic heterocycles. The lowest BCUT2D eigenvalue weighted by atomic mass is 10.1. The van der Waals surface area contributed by atoms with Gasteiger partial charge in [-0.1, -0.05) is 38.1 Å². The first-order chi connectivity index (χ1) is 13.4. The van der Waals surface area contributed by atoms with Crippen molar-refractivity contribution in [3.63, 3.8) is 0 Å². The van der Waals surface area contributed by atoms with E-state index in [4.69, 9.17) is 0 Å². The van der Waals surface area contributed by atoms with Crippen molar-refractivity contribution in [1.29, 1.82) is 0 Å². The van der Waals surface area contributed by atoms with Gasteiger partial charge in [-0.3, -0.25) is 9.79 Å². The summed E-state index contributed by atoms with van der Waals surface area (Å²) >= 11 is 0. The van der Waals surface area contributed by atoms with Crippen molar-refractivity contribution in [2.24, 2.45) is 10.9 Å². The highest BCUT2D eigenvalue weighted by Gasteiger charge is 2.10. The summed E-state index contributed by atoms with van der Waals surface area (Å²) in [6.07, 6.45) is 0.808. The van der Waals surface area contributed by atoms with Crippen LogP contribution in [-0.2, 0) is 17.9 Å². The number of aliphatic imine (C=N–C) groups is 1. The number of hydrogen-bond acceptors (Lipinski definition) is 2. The number of amides is 1. The van der Waals surface area contributed by atoms with Crippen LogP contribution < -0.4 is 16.0 Å². The van der Waals surface area contributed by atoms with E-state index in [0.717, 1.165) is 23.2 Å². The number of carbonyl (C=O) groups excluding carboxylic acids is 1. The normalized spacial score (nSPS) is 12.4. The molecule has 1 unspecified atom stereocenters. The van der Waals surface area contributed by atoms with Crippen LogP contribution in [0.25, 0.3) is 0 Å². The van der Waals surface area contributed by atoms with Gasteiger partial charge in [0, 0.05) is 31.7 Å². The number of anilines is 1. The second-order valence-corrected chi connectivity index (χ2v) is 6.86. The molecule has 0 aliphatic heterocycles. The van der Waals surface area contributed by atoms with Gasteiger partial charge in [-0.25, -0.2) is 4.39 Å². The van der Waals surface area contributed by atoms with Crippen LogP contribution in [-0.4, -0.2) is 18.9 Å². The third-order valence-corrected chi connectivity index (χ3v) is 4.62. The van der Waals surface area contributed by atoms with E-state index in [1.54, 1.807) is 20.0 Å². The Kier molecular flexibility index (Phi) is 7.99. The first-order valence-electron chi connectivity index (χ1n) is 9.52. The Morgan fingerprint density at radius 2 is 1.79 bits per heavy atom. The van der Waals surface area contributed by atoms with Gasteiger partial charge >= 0.3 is 0 Å². The van der Waals surface area contributed by atoms with Crippen molar-refractivity contribution < 1.29 is 9.18 Å². The summed E-state index contributed by atoms with van der Waals surface area (Å²) in [5.41, 5.74) is 3.42. The highest BCUT2D eigenvalue weighted by Crippen LogP contribution is 2.13. The molecule has 0 bridgehead atoms. The van der Waals surface area contributed by atoms with Gasteiger partial charge in [0.25, 0.3) is 0 Å². The minimum atomic E-state index is -0.202. The number of nitrogens with one attached hydrogen (secondary N) is 3. The highest BCUT2D eigenvalue weighted by atomic mass is 19.1. The van der Waals surface area contributed by atoms with Crippen LogP contribution in [0.4, 0.5) is 10.1 Å². The van der Waals surface area contributed by atoms with Crippen molar-refractivity contribution >= 4 is 17.6 Å². The summed E-state index contributed by atoms with van der Waals surface area (Å²) in [5.74, 6) is 0.460. The van der Waals surface area contributed by atoms with Gasteiger partial charge in [-0.15, -0.1) is 0 Å². The van der Waals surface area contributed by atoms with Crippen molar-refractivity contribution in [2.45, 2.75) is 40.3 Å². The quantitative estimate of drug-likeness (QED) is 0.500. The Morgan fingerprint density at radius 3 is 2.39 bits per heavy atom. The molecule has 2 rings (SSSR count). The van der Waals surface area contributed by atoms with E-state index >= 15 is 0 Å². The molecule has 6 heteroatoms. The number of halogens is 1. The molecule has 0 radical (unpaired) electrons. The smallest absolute Gasteiger partial charge is 0.227 e. The van der Waals surface area contributed by atoms with Crippen LogP contribution >= 0.6 is 0 Å². The van der Waals surface area contributed by atoms with Gasteiger partial charge in [-0.05, 0) is 48.2 Å². The summed E-state index contributed by atoms with van der Waals surface area (Å²) < 4.78 is 13.4. The Morgan fingerprint density at radius 1 is 1.11 bits per heavy atom. The lowest BCUT2D eigenvalue weighted by Gasteiger charge is -2.14. The zero-order valence-electron chi connectivity index (χ0n) is 17.0. The summed E-state index contributed by atoms with van der Waals surface area (Å²) in [6, 6.07) is 12.8. The van der Waals surface area contributed by atoms with Gasteiger partial charge in [0.15, 0.2) is 5.96 Å². The molecule has 0 saturated heterocycles. The SMILES string of the molecule is CCC(C)C(=O)Nc1cccc(CNC(=NC)NCc2ccc(F)c(C)c2)c1. The maximum absolute atomic E-state index is 13.4. The minimum Gasteiger partial charge on any atom is -0.352 e. The van der Waals surface area contributed by atoms with E-state index < -0.39 is 0 Å². The van der Waals surface area contributed by atoms with Crippen molar-refractivity contribution in [3.05, 3.63) is 65.0 Å². The van der Waals surface area contributed by atoms with Crippen LogP contribution in [0, 0.1) is 18.7 Å². The molecule has 2 aromatic carbocycles. The van der Waals surface area contributed by atoms with E-state index in [1.165, 1.54) is 6.07 Å². The molecule has 0 saturated carbocycles. The molecular weight excluding hydrogens is 355 g/mol. The molecule has 0 aliphatic carbocycles. The molecule has 150 valence electrons. The molecular formula is C22H29FN4O. The zero-order chi connectivity index (χ0) is 20.5. The van der Waals surface area contributed by atoms with Crippen LogP contribution in [0.3, 0.4) is 0 Å². The molecule has 5 nitrogen and oxygen atoms in total. The van der Waals surface area contributed by atoms with Crippen molar-refractivity contribution in [3.8, 4) is 0 Å². The summed E-state index contributed by atoms with van der Waals surface area (Å²) in [7, 11) is 1.70. The number of guanidine groups is 1. The third-order valence-electron chi connectivity index (χ3n) is 4.62. The molecule has 0 fully saturated rings. The number of rotatable bonds is 7. The highest BCUT2D eigenvalue weighted by molar-refractivity contribution is 5.92. The van der Waals surface area contributed by atoms with Gasteiger partial charge in [0.05, 0.1) is 0 Å². The summed E-state index contributed by atoms with van der Waals surface area (Å²) in [6.45, 7) is 6.77. The predicted octanol–water partition coefficient (Wildman–Crippen LogP) is 3.98. The molecule has 0 aliphatic rings. The molecule has 0 spiro atoms. The Hall–Kier alpha value is -2.89. The first kappa shape index (κ1) is 21.4. The summed E-state index contributed by atoms with van der Waals surface area (Å²) in [5, 5.41) is 9.42. The fourth-order valence-electron chi connectivity index (χ4n) is 2.62. The lowest BCUT2D eigenvalue weighted by Crippen LogP contribution is -2.36. The van der Waals surface area contributed by atoms with Gasteiger partial charge in [0.1, 0.15) is 5.82 Å². The van der Waals surface area contributed by atoms with E-state index in [0.29, 0.717) is 24.6 Å². The molecule has 1 atom stereocenters. The van der Waals surface area contributed by atoms with Crippen LogP contribution in [0.2, 0.25) is 0 Å².